The number of nitrogens with zero attached hydrogens (tertiary/aromatic N) is 1. The molecule has 2 bridgehead atoms. The summed E-state index contributed by atoms with van der Waals surface area (Å²) in [4.78, 5) is 13.6. The lowest BCUT2D eigenvalue weighted by molar-refractivity contribution is -0.0939. The number of amides is 1. The number of piperidine rings is 1. The Balaban J connectivity index is 2.16. The van der Waals surface area contributed by atoms with Gasteiger partial charge in [0, 0.05) is 24.9 Å². The van der Waals surface area contributed by atoms with E-state index in [0.717, 1.165) is 0 Å². The third-order valence-corrected chi connectivity index (χ3v) is 5.92. The van der Waals surface area contributed by atoms with Crippen molar-refractivity contribution in [1.29, 1.82) is 0 Å². The van der Waals surface area contributed by atoms with E-state index in [1.54, 1.807) is 27.7 Å². The molecular weight excluding hydrogens is 282 g/mol. The monoisotopic (exact) mass is 305 g/mol. The molecule has 0 aliphatic carbocycles. The maximum absolute atomic E-state index is 12.1. The first-order valence-electron chi connectivity index (χ1n) is 6.81. The van der Waals surface area contributed by atoms with Crippen molar-refractivity contribution in [2.45, 2.75) is 38.9 Å². The van der Waals surface area contributed by atoms with Crippen molar-refractivity contribution in [2.75, 3.05) is 24.6 Å². The van der Waals surface area contributed by atoms with Crippen molar-refractivity contribution in [2.24, 2.45) is 11.8 Å². The SMILES string of the molecule is CC(C)(C)OC(=O)N1C[C@@H]2CS(=O)(=O)C[C@H](C1)C2(C)O. The van der Waals surface area contributed by atoms with Crippen molar-refractivity contribution >= 4 is 15.9 Å². The van der Waals surface area contributed by atoms with Crippen LogP contribution >= 0.6 is 0 Å². The van der Waals surface area contributed by atoms with Crippen LogP contribution in [0, 0.1) is 11.8 Å². The third-order valence-electron chi connectivity index (χ3n) is 4.10. The molecule has 0 spiro atoms. The number of sulfone groups is 1. The number of rotatable bonds is 0. The summed E-state index contributed by atoms with van der Waals surface area (Å²) in [6, 6.07) is 0. The summed E-state index contributed by atoms with van der Waals surface area (Å²) in [5.41, 5.74) is -1.62. The van der Waals surface area contributed by atoms with Gasteiger partial charge in [0.15, 0.2) is 9.84 Å². The summed E-state index contributed by atoms with van der Waals surface area (Å²) in [6.07, 6.45) is -0.442. The van der Waals surface area contributed by atoms with E-state index >= 15 is 0 Å². The number of carbonyl (C=O) groups is 1. The van der Waals surface area contributed by atoms with Gasteiger partial charge in [0.1, 0.15) is 5.60 Å². The summed E-state index contributed by atoms with van der Waals surface area (Å²) in [5, 5.41) is 10.5. The summed E-state index contributed by atoms with van der Waals surface area (Å²) < 4.78 is 28.9. The quantitative estimate of drug-likeness (QED) is 0.710. The molecule has 0 radical (unpaired) electrons. The molecule has 6 nitrogen and oxygen atoms in total. The maximum atomic E-state index is 12.1. The molecule has 1 unspecified atom stereocenters. The van der Waals surface area contributed by atoms with Gasteiger partial charge in [-0.05, 0) is 27.7 Å². The molecule has 2 heterocycles. The van der Waals surface area contributed by atoms with Gasteiger partial charge in [-0.3, -0.25) is 0 Å². The Labute approximate surface area is 120 Å². The van der Waals surface area contributed by atoms with E-state index in [9.17, 15) is 18.3 Å². The molecule has 2 rings (SSSR count). The molecule has 7 heteroatoms. The van der Waals surface area contributed by atoms with E-state index in [4.69, 9.17) is 4.74 Å². The lowest BCUT2D eigenvalue weighted by atomic mass is 9.76. The standard InChI is InChI=1S/C13H23NO5S/c1-12(2,3)19-11(15)14-5-9-7-20(17,18)8-10(6-14)13(9,4)16/h9-10,16H,5-8H2,1-4H3/t9-,10+,13?. The Morgan fingerprint density at radius 2 is 1.70 bits per heavy atom. The molecule has 2 fully saturated rings. The molecule has 2 aliphatic heterocycles. The Kier molecular flexibility index (Phi) is 3.57. The summed E-state index contributed by atoms with van der Waals surface area (Å²) in [5.74, 6) is -1.05. The van der Waals surface area contributed by atoms with Gasteiger partial charge in [-0.15, -0.1) is 0 Å². The fourth-order valence-corrected chi connectivity index (χ4v) is 5.16. The van der Waals surface area contributed by atoms with E-state index in [1.165, 1.54) is 4.90 Å². The molecule has 1 N–H and O–H groups in total. The number of hydrogen-bond donors (Lipinski definition) is 1. The van der Waals surface area contributed by atoms with Crippen LogP contribution < -0.4 is 0 Å². The molecule has 20 heavy (non-hydrogen) atoms. The average Bonchev–Trinajstić information content (AvgIpc) is 2.17. The van der Waals surface area contributed by atoms with Crippen molar-refractivity contribution in [3.05, 3.63) is 0 Å². The Morgan fingerprint density at radius 3 is 2.10 bits per heavy atom. The van der Waals surface area contributed by atoms with Crippen LogP contribution in [0.2, 0.25) is 0 Å². The first-order valence-corrected chi connectivity index (χ1v) is 8.63. The highest BCUT2D eigenvalue weighted by atomic mass is 32.2. The molecule has 0 saturated carbocycles. The van der Waals surface area contributed by atoms with Gasteiger partial charge in [-0.2, -0.15) is 0 Å². The number of ether oxygens (including phenoxy) is 1. The second-order valence-electron chi connectivity index (χ2n) is 7.08. The van der Waals surface area contributed by atoms with Crippen LogP contribution in [0.5, 0.6) is 0 Å². The molecule has 116 valence electrons. The lowest BCUT2D eigenvalue weighted by Gasteiger charge is -2.50. The Hall–Kier alpha value is -0.820. The smallest absolute Gasteiger partial charge is 0.410 e. The highest BCUT2D eigenvalue weighted by Gasteiger charge is 2.53. The zero-order valence-corrected chi connectivity index (χ0v) is 13.2. The molecule has 0 aromatic rings. The van der Waals surface area contributed by atoms with E-state index in [1.807, 2.05) is 0 Å². The second kappa shape index (κ2) is 4.59. The number of carbonyl (C=O) groups excluding carboxylic acids is 1. The number of hydrogen-bond acceptors (Lipinski definition) is 5. The molecular formula is C13H23NO5S. The van der Waals surface area contributed by atoms with Gasteiger partial charge < -0.3 is 14.7 Å². The summed E-state index contributed by atoms with van der Waals surface area (Å²) in [6.45, 7) is 7.47. The van der Waals surface area contributed by atoms with E-state index in [0.29, 0.717) is 0 Å². The minimum Gasteiger partial charge on any atom is -0.444 e. The van der Waals surface area contributed by atoms with Crippen LogP contribution in [-0.4, -0.2) is 60.3 Å². The first-order chi connectivity index (χ1) is 8.91. The van der Waals surface area contributed by atoms with Crippen molar-refractivity contribution in [3.63, 3.8) is 0 Å². The normalized spacial score (nSPS) is 36.5. The average molecular weight is 305 g/mol. The van der Waals surface area contributed by atoms with Crippen molar-refractivity contribution in [1.82, 2.24) is 4.90 Å². The van der Waals surface area contributed by atoms with Crippen LogP contribution in [0.3, 0.4) is 0 Å². The van der Waals surface area contributed by atoms with Gasteiger partial charge in [0.05, 0.1) is 17.1 Å². The Bertz CT molecular complexity index is 481. The fourth-order valence-electron chi connectivity index (χ4n) is 2.91. The van der Waals surface area contributed by atoms with E-state index in [-0.39, 0.29) is 24.6 Å². The van der Waals surface area contributed by atoms with Crippen LogP contribution in [0.1, 0.15) is 27.7 Å². The van der Waals surface area contributed by atoms with E-state index < -0.39 is 39.0 Å². The van der Waals surface area contributed by atoms with Crippen molar-refractivity contribution < 1.29 is 23.1 Å². The topological polar surface area (TPSA) is 83.9 Å². The highest BCUT2D eigenvalue weighted by Crippen LogP contribution is 2.39. The van der Waals surface area contributed by atoms with Gasteiger partial charge >= 0.3 is 6.09 Å². The number of likely N-dealkylation sites (tertiary alicyclic amines) is 1. The minimum atomic E-state index is -3.14. The third kappa shape index (κ3) is 3.09. The number of fused-ring (bicyclic) bond motifs is 2. The van der Waals surface area contributed by atoms with Gasteiger partial charge in [-0.25, -0.2) is 13.2 Å². The summed E-state index contributed by atoms with van der Waals surface area (Å²) in [7, 11) is -3.14. The van der Waals surface area contributed by atoms with Crippen LogP contribution in [0.15, 0.2) is 0 Å². The largest absolute Gasteiger partial charge is 0.444 e. The molecule has 1 amide bonds. The van der Waals surface area contributed by atoms with E-state index in [2.05, 4.69) is 0 Å². The second-order valence-corrected chi connectivity index (χ2v) is 9.24. The van der Waals surface area contributed by atoms with Gasteiger partial charge in [0.25, 0.3) is 0 Å². The molecule has 2 aliphatic rings. The van der Waals surface area contributed by atoms with Gasteiger partial charge in [0.2, 0.25) is 0 Å². The molecule has 0 aromatic heterocycles. The van der Waals surface area contributed by atoms with Crippen molar-refractivity contribution in [3.8, 4) is 0 Å². The zero-order valence-electron chi connectivity index (χ0n) is 12.4. The van der Waals surface area contributed by atoms with Crippen LogP contribution in [-0.2, 0) is 14.6 Å². The zero-order chi connectivity index (χ0) is 15.3. The van der Waals surface area contributed by atoms with Crippen LogP contribution in [0.25, 0.3) is 0 Å². The highest BCUT2D eigenvalue weighted by molar-refractivity contribution is 7.91. The molecule has 2 saturated heterocycles. The molecule has 0 aromatic carbocycles. The lowest BCUT2D eigenvalue weighted by Crippen LogP contribution is -2.64. The summed E-state index contributed by atoms with van der Waals surface area (Å²) >= 11 is 0. The first kappa shape index (κ1) is 15.6. The van der Waals surface area contributed by atoms with Gasteiger partial charge in [-0.1, -0.05) is 0 Å². The Morgan fingerprint density at radius 1 is 1.25 bits per heavy atom. The minimum absolute atomic E-state index is 0.0736. The molecule has 3 atom stereocenters. The maximum Gasteiger partial charge on any atom is 0.410 e. The van der Waals surface area contributed by atoms with Crippen LogP contribution in [0.4, 0.5) is 4.79 Å². The number of aliphatic hydroxyl groups is 1. The predicted octanol–water partition coefficient (Wildman–Crippen LogP) is 0.649. The predicted molar refractivity (Wildman–Crippen MR) is 74.1 cm³/mol. The fraction of sp³-hybridized carbons (Fsp3) is 0.923.